The largest absolute Gasteiger partial charge is 0.494 e. The SMILES string of the molecule is COc1c(-c2cc3cc(Cl)ncc3n2C)ccc2c1ncn2COCC[Si](C)(C)C. The van der Waals surface area contributed by atoms with Gasteiger partial charge in [0.25, 0.3) is 0 Å². The molecule has 0 radical (unpaired) electrons. The monoisotopic (exact) mass is 442 g/mol. The molecular weight excluding hydrogens is 416 g/mol. The van der Waals surface area contributed by atoms with Crippen LogP contribution in [0.2, 0.25) is 30.8 Å². The molecule has 0 spiro atoms. The first-order valence-corrected chi connectivity index (χ1v) is 14.1. The number of aromatic nitrogens is 4. The number of ether oxygens (including phenoxy) is 2. The lowest BCUT2D eigenvalue weighted by Crippen LogP contribution is -2.21. The first-order chi connectivity index (χ1) is 14.3. The minimum atomic E-state index is -1.10. The molecule has 1 aromatic carbocycles. The van der Waals surface area contributed by atoms with Crippen LogP contribution in [0, 0.1) is 0 Å². The quantitative estimate of drug-likeness (QED) is 0.213. The van der Waals surface area contributed by atoms with E-state index < -0.39 is 8.07 Å². The van der Waals surface area contributed by atoms with E-state index in [1.54, 1.807) is 13.3 Å². The second kappa shape index (κ2) is 8.06. The van der Waals surface area contributed by atoms with Crippen molar-refractivity contribution in [3.63, 3.8) is 0 Å². The fourth-order valence-corrected chi connectivity index (χ4v) is 4.55. The number of hydrogen-bond donors (Lipinski definition) is 0. The second-order valence-corrected chi connectivity index (χ2v) is 14.7. The minimum absolute atomic E-state index is 0.481. The normalized spacial score (nSPS) is 12.2. The van der Waals surface area contributed by atoms with Crippen LogP contribution in [-0.2, 0) is 18.5 Å². The smallest absolute Gasteiger partial charge is 0.155 e. The van der Waals surface area contributed by atoms with Gasteiger partial charge in [0.15, 0.2) is 5.75 Å². The Hall–Kier alpha value is -2.35. The summed E-state index contributed by atoms with van der Waals surface area (Å²) >= 11 is 6.08. The summed E-state index contributed by atoms with van der Waals surface area (Å²) in [6.45, 7) is 8.32. The number of rotatable bonds is 7. The Bertz CT molecular complexity index is 1210. The number of nitrogens with zero attached hydrogens (tertiary/aromatic N) is 4. The van der Waals surface area contributed by atoms with E-state index in [1.165, 1.54) is 0 Å². The second-order valence-electron chi connectivity index (χ2n) is 8.73. The number of imidazole rings is 1. The van der Waals surface area contributed by atoms with Gasteiger partial charge in [-0.3, -0.25) is 0 Å². The topological polar surface area (TPSA) is 54.1 Å². The minimum Gasteiger partial charge on any atom is -0.494 e. The molecule has 0 amide bonds. The third-order valence-electron chi connectivity index (χ3n) is 5.35. The zero-order valence-corrected chi connectivity index (χ0v) is 19.8. The van der Waals surface area contributed by atoms with Crippen LogP contribution in [0.1, 0.15) is 0 Å². The van der Waals surface area contributed by atoms with E-state index in [1.807, 2.05) is 24.0 Å². The van der Waals surface area contributed by atoms with Crippen molar-refractivity contribution < 1.29 is 9.47 Å². The summed E-state index contributed by atoms with van der Waals surface area (Å²) in [5, 5.41) is 1.52. The molecule has 6 nitrogen and oxygen atoms in total. The molecular formula is C22H27ClN4O2Si. The zero-order chi connectivity index (χ0) is 21.5. The summed E-state index contributed by atoms with van der Waals surface area (Å²) in [6.07, 6.45) is 3.61. The Kier molecular flexibility index (Phi) is 5.61. The highest BCUT2D eigenvalue weighted by atomic mass is 35.5. The summed E-state index contributed by atoms with van der Waals surface area (Å²) in [4.78, 5) is 8.83. The van der Waals surface area contributed by atoms with Crippen molar-refractivity contribution in [2.24, 2.45) is 7.05 Å². The number of fused-ring (bicyclic) bond motifs is 2. The van der Waals surface area contributed by atoms with E-state index in [2.05, 4.69) is 52.4 Å². The van der Waals surface area contributed by atoms with E-state index in [4.69, 9.17) is 21.1 Å². The molecule has 158 valence electrons. The fraction of sp³-hybridized carbons (Fsp3) is 0.364. The van der Waals surface area contributed by atoms with Gasteiger partial charge < -0.3 is 18.6 Å². The highest BCUT2D eigenvalue weighted by Crippen LogP contribution is 2.38. The standard InChI is InChI=1S/C22H27ClN4O2Si/c1-26-18(10-15-11-20(23)24-12-19(15)26)16-6-7-17-21(22(16)28-2)25-13-27(17)14-29-8-9-30(3,4)5/h6-7,10-13H,8-9,14H2,1-5H3. The number of aryl methyl sites for hydroxylation is 1. The maximum absolute atomic E-state index is 6.08. The van der Waals surface area contributed by atoms with Gasteiger partial charge in [0.1, 0.15) is 17.4 Å². The molecule has 0 aliphatic heterocycles. The van der Waals surface area contributed by atoms with Crippen LogP contribution >= 0.6 is 11.6 Å². The van der Waals surface area contributed by atoms with Crippen molar-refractivity contribution in [2.45, 2.75) is 32.4 Å². The van der Waals surface area contributed by atoms with Gasteiger partial charge in [-0.15, -0.1) is 0 Å². The van der Waals surface area contributed by atoms with Gasteiger partial charge in [0, 0.05) is 32.7 Å². The molecule has 3 heterocycles. The zero-order valence-electron chi connectivity index (χ0n) is 18.1. The van der Waals surface area contributed by atoms with E-state index in [9.17, 15) is 0 Å². The van der Waals surface area contributed by atoms with Gasteiger partial charge in [0.2, 0.25) is 0 Å². The molecule has 0 fully saturated rings. The van der Waals surface area contributed by atoms with Crippen molar-refractivity contribution >= 4 is 41.6 Å². The molecule has 30 heavy (non-hydrogen) atoms. The molecule has 0 unspecified atom stereocenters. The summed E-state index contributed by atoms with van der Waals surface area (Å²) < 4.78 is 15.8. The maximum Gasteiger partial charge on any atom is 0.155 e. The molecule has 0 N–H and O–H groups in total. The van der Waals surface area contributed by atoms with Gasteiger partial charge in [-0.05, 0) is 30.3 Å². The van der Waals surface area contributed by atoms with Crippen molar-refractivity contribution in [1.82, 2.24) is 19.1 Å². The number of hydrogen-bond acceptors (Lipinski definition) is 4. The highest BCUT2D eigenvalue weighted by Gasteiger charge is 2.18. The van der Waals surface area contributed by atoms with Crippen LogP contribution in [0.4, 0.5) is 0 Å². The maximum atomic E-state index is 6.08. The van der Waals surface area contributed by atoms with Crippen molar-refractivity contribution in [3.05, 3.63) is 41.9 Å². The van der Waals surface area contributed by atoms with Gasteiger partial charge >= 0.3 is 0 Å². The average Bonchev–Trinajstić information content (AvgIpc) is 3.24. The Balaban J connectivity index is 1.69. The molecule has 0 saturated heterocycles. The van der Waals surface area contributed by atoms with E-state index in [0.29, 0.717) is 11.9 Å². The van der Waals surface area contributed by atoms with Gasteiger partial charge in [0.05, 0.1) is 36.4 Å². The molecule has 8 heteroatoms. The summed E-state index contributed by atoms with van der Waals surface area (Å²) in [6, 6.07) is 9.27. The number of pyridine rings is 1. The molecule has 3 aromatic heterocycles. The predicted octanol–water partition coefficient (Wildman–Crippen LogP) is 5.56. The first kappa shape index (κ1) is 20.9. The lowest BCUT2D eigenvalue weighted by atomic mass is 10.1. The van der Waals surface area contributed by atoms with Crippen LogP contribution < -0.4 is 4.74 Å². The first-order valence-electron chi connectivity index (χ1n) is 9.99. The van der Waals surface area contributed by atoms with Crippen LogP contribution in [-0.4, -0.2) is 40.9 Å². The lowest BCUT2D eigenvalue weighted by Gasteiger charge is -2.15. The van der Waals surface area contributed by atoms with Crippen LogP contribution in [0.5, 0.6) is 5.75 Å². The van der Waals surface area contributed by atoms with Gasteiger partial charge in [-0.1, -0.05) is 31.2 Å². The summed E-state index contributed by atoms with van der Waals surface area (Å²) in [5.74, 6) is 0.748. The fourth-order valence-electron chi connectivity index (χ4n) is 3.62. The van der Waals surface area contributed by atoms with E-state index in [0.717, 1.165) is 51.6 Å². The van der Waals surface area contributed by atoms with E-state index >= 15 is 0 Å². The van der Waals surface area contributed by atoms with Crippen LogP contribution in [0.25, 0.3) is 33.2 Å². The summed E-state index contributed by atoms with van der Waals surface area (Å²) in [7, 11) is 2.60. The number of halogens is 1. The molecule has 4 rings (SSSR count). The lowest BCUT2D eigenvalue weighted by molar-refractivity contribution is 0.0898. The van der Waals surface area contributed by atoms with Crippen LogP contribution in [0.15, 0.2) is 36.8 Å². The third-order valence-corrected chi connectivity index (χ3v) is 7.26. The molecule has 0 atom stereocenters. The third kappa shape index (κ3) is 3.97. The van der Waals surface area contributed by atoms with Crippen molar-refractivity contribution in [3.8, 4) is 17.0 Å². The average molecular weight is 443 g/mol. The Morgan fingerprint density at radius 1 is 1.10 bits per heavy atom. The van der Waals surface area contributed by atoms with Gasteiger partial charge in [-0.25, -0.2) is 9.97 Å². The molecule has 0 aliphatic rings. The molecule has 0 saturated carbocycles. The highest BCUT2D eigenvalue weighted by molar-refractivity contribution is 6.76. The molecule has 0 aliphatic carbocycles. The van der Waals surface area contributed by atoms with E-state index in [-0.39, 0.29) is 0 Å². The Morgan fingerprint density at radius 3 is 2.63 bits per heavy atom. The number of benzene rings is 1. The van der Waals surface area contributed by atoms with Crippen LogP contribution in [0.3, 0.4) is 0 Å². The predicted molar refractivity (Wildman–Crippen MR) is 125 cm³/mol. The van der Waals surface area contributed by atoms with Gasteiger partial charge in [-0.2, -0.15) is 0 Å². The van der Waals surface area contributed by atoms with Crippen molar-refractivity contribution in [2.75, 3.05) is 13.7 Å². The Morgan fingerprint density at radius 2 is 1.90 bits per heavy atom. The number of methoxy groups -OCH3 is 1. The van der Waals surface area contributed by atoms with Crippen molar-refractivity contribution in [1.29, 1.82) is 0 Å². The molecule has 0 bridgehead atoms. The summed E-state index contributed by atoms with van der Waals surface area (Å²) in [5.41, 5.74) is 4.83. The Labute approximate surface area is 182 Å². The molecule has 4 aromatic rings.